The SMILES string of the molecule is COc1ccc(C(OC[C@H]2O[C@@H](C)CC2OC(=O)[C@H](C)NC(=O)OC(C)(C)C)(c2ccccc2)c2ccc(OC)cc2)cc1. The maximum atomic E-state index is 13.0. The van der Waals surface area contributed by atoms with Crippen molar-refractivity contribution in [2.24, 2.45) is 0 Å². The van der Waals surface area contributed by atoms with Gasteiger partial charge in [0.15, 0.2) is 0 Å². The average Bonchev–Trinajstić information content (AvgIpc) is 3.35. The Labute approximate surface area is 259 Å². The normalized spacial score (nSPS) is 19.1. The number of esters is 1. The van der Waals surface area contributed by atoms with Gasteiger partial charge >= 0.3 is 12.1 Å². The molecule has 9 nitrogen and oxygen atoms in total. The molecule has 0 aromatic heterocycles. The second-order valence-electron chi connectivity index (χ2n) is 11.9. The molecule has 3 aromatic rings. The second-order valence-corrected chi connectivity index (χ2v) is 11.9. The van der Waals surface area contributed by atoms with Gasteiger partial charge in [-0.15, -0.1) is 0 Å². The van der Waals surface area contributed by atoms with Gasteiger partial charge in [0.25, 0.3) is 0 Å². The molecule has 9 heteroatoms. The summed E-state index contributed by atoms with van der Waals surface area (Å²) in [5.41, 5.74) is 0.929. The third-order valence-electron chi connectivity index (χ3n) is 7.38. The molecular formula is C35H43NO8. The van der Waals surface area contributed by atoms with Crippen LogP contribution in [0.4, 0.5) is 4.79 Å². The van der Waals surface area contributed by atoms with Gasteiger partial charge in [-0.05, 0) is 75.6 Å². The third kappa shape index (κ3) is 7.89. The molecule has 0 saturated carbocycles. The molecule has 4 rings (SSSR count). The van der Waals surface area contributed by atoms with Crippen molar-refractivity contribution in [3.05, 3.63) is 95.6 Å². The zero-order chi connectivity index (χ0) is 31.9. The minimum Gasteiger partial charge on any atom is -0.497 e. The maximum absolute atomic E-state index is 13.0. The molecule has 236 valence electrons. The van der Waals surface area contributed by atoms with Crippen LogP contribution in [-0.4, -0.2) is 62.8 Å². The molecule has 0 spiro atoms. The predicted octanol–water partition coefficient (Wildman–Crippen LogP) is 6.01. The first-order valence-corrected chi connectivity index (χ1v) is 14.8. The summed E-state index contributed by atoms with van der Waals surface area (Å²) in [6.07, 6.45) is -1.50. The molecule has 3 aromatic carbocycles. The van der Waals surface area contributed by atoms with Crippen molar-refractivity contribution in [2.45, 2.75) is 76.6 Å². The summed E-state index contributed by atoms with van der Waals surface area (Å²) in [5.74, 6) is 0.863. The highest BCUT2D eigenvalue weighted by atomic mass is 16.6. The van der Waals surface area contributed by atoms with Crippen molar-refractivity contribution >= 4 is 12.1 Å². The van der Waals surface area contributed by atoms with Crippen molar-refractivity contribution in [1.82, 2.24) is 5.32 Å². The molecular weight excluding hydrogens is 562 g/mol. The smallest absolute Gasteiger partial charge is 0.408 e. The number of ether oxygens (including phenoxy) is 6. The van der Waals surface area contributed by atoms with E-state index in [4.69, 9.17) is 28.4 Å². The molecule has 1 amide bonds. The number of hydrogen-bond donors (Lipinski definition) is 1. The number of benzene rings is 3. The Kier molecular flexibility index (Phi) is 10.5. The highest BCUT2D eigenvalue weighted by molar-refractivity contribution is 5.81. The highest BCUT2D eigenvalue weighted by Crippen LogP contribution is 2.42. The van der Waals surface area contributed by atoms with Crippen LogP contribution in [0.25, 0.3) is 0 Å². The topological polar surface area (TPSA) is 102 Å². The van der Waals surface area contributed by atoms with Crippen LogP contribution in [0.2, 0.25) is 0 Å². The Morgan fingerprint density at radius 3 is 1.89 bits per heavy atom. The van der Waals surface area contributed by atoms with E-state index in [1.807, 2.05) is 85.8 Å². The van der Waals surface area contributed by atoms with E-state index >= 15 is 0 Å². The Balaban J connectivity index is 1.63. The Morgan fingerprint density at radius 1 is 0.864 bits per heavy atom. The lowest BCUT2D eigenvalue weighted by Gasteiger charge is -2.37. The lowest BCUT2D eigenvalue weighted by atomic mass is 9.80. The van der Waals surface area contributed by atoms with E-state index < -0.39 is 41.5 Å². The molecule has 1 heterocycles. The third-order valence-corrected chi connectivity index (χ3v) is 7.38. The molecule has 1 saturated heterocycles. The van der Waals surface area contributed by atoms with Gasteiger partial charge in [0.1, 0.15) is 41.0 Å². The minimum atomic E-state index is -1.05. The first-order valence-electron chi connectivity index (χ1n) is 14.8. The number of carbonyl (C=O) groups is 2. The fraction of sp³-hybridized carbons (Fsp3) is 0.429. The van der Waals surface area contributed by atoms with Crippen LogP contribution < -0.4 is 14.8 Å². The van der Waals surface area contributed by atoms with E-state index in [9.17, 15) is 9.59 Å². The Hall–Kier alpha value is -4.08. The van der Waals surface area contributed by atoms with Gasteiger partial charge in [0.2, 0.25) is 0 Å². The van der Waals surface area contributed by atoms with Gasteiger partial charge in [-0.25, -0.2) is 9.59 Å². The predicted molar refractivity (Wildman–Crippen MR) is 166 cm³/mol. The van der Waals surface area contributed by atoms with Crippen molar-refractivity contribution in [3.8, 4) is 11.5 Å². The van der Waals surface area contributed by atoms with Crippen LogP contribution in [0.15, 0.2) is 78.9 Å². The summed E-state index contributed by atoms with van der Waals surface area (Å²) in [6, 6.07) is 24.6. The summed E-state index contributed by atoms with van der Waals surface area (Å²) in [4.78, 5) is 25.2. The van der Waals surface area contributed by atoms with E-state index in [0.717, 1.165) is 28.2 Å². The largest absolute Gasteiger partial charge is 0.497 e. The Morgan fingerprint density at radius 2 is 1.39 bits per heavy atom. The standard InChI is InChI=1S/C35H43NO8/c1-23-21-30(43-32(37)24(2)36-33(38)44-34(3,4)5)31(42-23)22-41-35(25-11-9-8-10-12-25,26-13-17-28(39-6)18-14-26)27-15-19-29(40-7)20-16-27/h8-20,23-24,30-31H,21-22H2,1-7H3,(H,36,38)/t23-,24-,30?,31+/m0/s1. The molecule has 44 heavy (non-hydrogen) atoms. The molecule has 0 radical (unpaired) electrons. The van der Waals surface area contributed by atoms with Gasteiger partial charge in [-0.3, -0.25) is 0 Å². The lowest BCUT2D eigenvalue weighted by Crippen LogP contribution is -2.45. The zero-order valence-corrected chi connectivity index (χ0v) is 26.5. The molecule has 1 aliphatic rings. The molecule has 1 aliphatic heterocycles. The van der Waals surface area contributed by atoms with Gasteiger partial charge in [0, 0.05) is 6.42 Å². The number of alkyl carbamates (subject to hydrolysis) is 1. The molecule has 1 unspecified atom stereocenters. The van der Waals surface area contributed by atoms with Gasteiger partial charge in [0.05, 0.1) is 26.9 Å². The minimum absolute atomic E-state index is 0.114. The highest BCUT2D eigenvalue weighted by Gasteiger charge is 2.42. The summed E-state index contributed by atoms with van der Waals surface area (Å²) >= 11 is 0. The van der Waals surface area contributed by atoms with Crippen LogP contribution in [0.3, 0.4) is 0 Å². The average molecular weight is 606 g/mol. The fourth-order valence-electron chi connectivity index (χ4n) is 5.27. The quantitative estimate of drug-likeness (QED) is 0.209. The monoisotopic (exact) mass is 605 g/mol. The van der Waals surface area contributed by atoms with Gasteiger partial charge in [-0.1, -0.05) is 54.6 Å². The maximum Gasteiger partial charge on any atom is 0.408 e. The molecule has 1 N–H and O–H groups in total. The number of nitrogens with one attached hydrogen (secondary N) is 1. The van der Waals surface area contributed by atoms with E-state index in [1.54, 1.807) is 41.9 Å². The fourth-order valence-corrected chi connectivity index (χ4v) is 5.27. The summed E-state index contributed by atoms with van der Waals surface area (Å²) in [5, 5.41) is 2.55. The Bertz CT molecular complexity index is 1320. The van der Waals surface area contributed by atoms with Gasteiger partial charge < -0.3 is 33.7 Å². The van der Waals surface area contributed by atoms with E-state index in [1.165, 1.54) is 0 Å². The van der Waals surface area contributed by atoms with Crippen LogP contribution in [0.1, 0.15) is 57.7 Å². The van der Waals surface area contributed by atoms with Crippen LogP contribution in [-0.2, 0) is 29.3 Å². The van der Waals surface area contributed by atoms with Crippen LogP contribution >= 0.6 is 0 Å². The van der Waals surface area contributed by atoms with Crippen molar-refractivity contribution in [2.75, 3.05) is 20.8 Å². The lowest BCUT2D eigenvalue weighted by molar-refractivity contribution is -0.157. The summed E-state index contributed by atoms with van der Waals surface area (Å²) < 4.78 is 35.2. The van der Waals surface area contributed by atoms with E-state index in [2.05, 4.69) is 5.32 Å². The molecule has 0 bridgehead atoms. The number of rotatable bonds is 11. The van der Waals surface area contributed by atoms with Crippen LogP contribution in [0.5, 0.6) is 11.5 Å². The number of methoxy groups -OCH3 is 2. The van der Waals surface area contributed by atoms with Crippen LogP contribution in [0, 0.1) is 0 Å². The number of carbonyl (C=O) groups excluding carboxylic acids is 2. The number of hydrogen-bond acceptors (Lipinski definition) is 8. The first kappa shape index (κ1) is 32.8. The first-order chi connectivity index (χ1) is 20.9. The number of amides is 1. The van der Waals surface area contributed by atoms with E-state index in [0.29, 0.717) is 6.42 Å². The summed E-state index contributed by atoms with van der Waals surface area (Å²) in [6.45, 7) is 8.87. The molecule has 1 fully saturated rings. The van der Waals surface area contributed by atoms with Crippen molar-refractivity contribution in [3.63, 3.8) is 0 Å². The van der Waals surface area contributed by atoms with Crippen molar-refractivity contribution < 1.29 is 38.0 Å². The molecule has 0 aliphatic carbocycles. The summed E-state index contributed by atoms with van der Waals surface area (Å²) in [7, 11) is 3.26. The second kappa shape index (κ2) is 14.1. The zero-order valence-electron chi connectivity index (χ0n) is 26.5. The van der Waals surface area contributed by atoms with Gasteiger partial charge in [-0.2, -0.15) is 0 Å². The van der Waals surface area contributed by atoms with E-state index in [-0.39, 0.29) is 12.7 Å². The van der Waals surface area contributed by atoms with Crippen molar-refractivity contribution in [1.29, 1.82) is 0 Å². The molecule has 4 atom stereocenters.